The molecule has 25 heavy (non-hydrogen) atoms. The lowest BCUT2D eigenvalue weighted by atomic mass is 9.96. The monoisotopic (exact) mass is 338 g/mol. The van der Waals surface area contributed by atoms with E-state index in [4.69, 9.17) is 0 Å². The third-order valence-electron chi connectivity index (χ3n) is 4.62. The maximum Gasteiger partial charge on any atom is 0.243 e. The molecule has 5 heteroatoms. The van der Waals surface area contributed by atoms with E-state index < -0.39 is 11.6 Å². The normalized spacial score (nSPS) is 18.4. The first-order chi connectivity index (χ1) is 11.9. The molecule has 2 aromatic rings. The first-order valence-electron chi connectivity index (χ1n) is 8.33. The fourth-order valence-electron chi connectivity index (χ4n) is 3.26. The molecule has 0 aromatic heterocycles. The zero-order valence-corrected chi connectivity index (χ0v) is 14.4. The molecule has 2 amide bonds. The van der Waals surface area contributed by atoms with E-state index in [-0.39, 0.29) is 18.4 Å². The van der Waals surface area contributed by atoms with Crippen LogP contribution >= 0.6 is 0 Å². The van der Waals surface area contributed by atoms with Crippen LogP contribution in [-0.2, 0) is 21.6 Å². The van der Waals surface area contributed by atoms with E-state index in [1.54, 1.807) is 6.92 Å². The molecule has 1 heterocycles. The van der Waals surface area contributed by atoms with E-state index in [9.17, 15) is 14.7 Å². The van der Waals surface area contributed by atoms with Gasteiger partial charge in [0.1, 0.15) is 11.6 Å². The molecule has 0 aliphatic carbocycles. The van der Waals surface area contributed by atoms with Gasteiger partial charge in [0.05, 0.1) is 6.54 Å². The zero-order valence-electron chi connectivity index (χ0n) is 14.4. The molecule has 130 valence electrons. The minimum atomic E-state index is -1.18. The predicted octanol–water partition coefficient (Wildman–Crippen LogP) is 1.99. The summed E-state index contributed by atoms with van der Waals surface area (Å²) in [6.07, 6.45) is 0.481. The van der Waals surface area contributed by atoms with E-state index in [1.807, 2.05) is 54.6 Å². The van der Waals surface area contributed by atoms with Crippen molar-refractivity contribution < 1.29 is 14.7 Å². The highest BCUT2D eigenvalue weighted by atomic mass is 16.3. The number of hydrogen-bond donors (Lipinski definition) is 2. The number of amides is 2. The van der Waals surface area contributed by atoms with Crippen LogP contribution in [-0.4, -0.2) is 29.5 Å². The van der Waals surface area contributed by atoms with Gasteiger partial charge in [-0.25, -0.2) is 0 Å². The summed E-state index contributed by atoms with van der Waals surface area (Å²) in [4.78, 5) is 26.3. The van der Waals surface area contributed by atoms with Gasteiger partial charge in [-0.2, -0.15) is 0 Å². The second-order valence-corrected chi connectivity index (χ2v) is 6.60. The van der Waals surface area contributed by atoms with Crippen molar-refractivity contribution in [2.45, 2.75) is 31.9 Å². The van der Waals surface area contributed by atoms with Crippen LogP contribution in [0.1, 0.15) is 25.0 Å². The van der Waals surface area contributed by atoms with Crippen LogP contribution in [0.25, 0.3) is 0 Å². The molecule has 2 atom stereocenters. The number of benzene rings is 2. The van der Waals surface area contributed by atoms with Gasteiger partial charge >= 0.3 is 0 Å². The topological polar surface area (TPSA) is 69.6 Å². The number of nitrogens with one attached hydrogen (secondary N) is 1. The van der Waals surface area contributed by atoms with Gasteiger partial charge in [-0.15, -0.1) is 0 Å². The molecular weight excluding hydrogens is 316 g/mol. The SMILES string of the molecule is CC(=O)N1c2ccccc2C[C@H]1C(=O)NCC(C)(O)c1ccccc1. The molecule has 3 rings (SSSR count). The molecule has 0 spiro atoms. The van der Waals surface area contributed by atoms with Crippen LogP contribution in [0.2, 0.25) is 0 Å². The summed E-state index contributed by atoms with van der Waals surface area (Å²) in [7, 11) is 0. The fourth-order valence-corrected chi connectivity index (χ4v) is 3.26. The quantitative estimate of drug-likeness (QED) is 0.896. The van der Waals surface area contributed by atoms with E-state index in [0.717, 1.165) is 16.8 Å². The number of fused-ring (bicyclic) bond motifs is 1. The second-order valence-electron chi connectivity index (χ2n) is 6.60. The first kappa shape index (κ1) is 17.2. The average Bonchev–Trinajstić information content (AvgIpc) is 3.00. The Balaban J connectivity index is 1.72. The molecule has 2 aromatic carbocycles. The molecule has 0 fully saturated rings. The Hall–Kier alpha value is -2.66. The second kappa shape index (κ2) is 6.69. The molecule has 0 saturated heterocycles. The Morgan fingerprint density at radius 2 is 1.80 bits per heavy atom. The van der Waals surface area contributed by atoms with Gasteiger partial charge in [-0.3, -0.25) is 14.5 Å². The third kappa shape index (κ3) is 3.42. The summed E-state index contributed by atoms with van der Waals surface area (Å²) in [5.41, 5.74) is 1.31. The number of hydrogen-bond acceptors (Lipinski definition) is 3. The number of nitrogens with zero attached hydrogens (tertiary/aromatic N) is 1. The molecule has 1 aliphatic rings. The van der Waals surface area contributed by atoms with Crippen LogP contribution in [0.5, 0.6) is 0 Å². The highest BCUT2D eigenvalue weighted by molar-refractivity contribution is 6.02. The fraction of sp³-hybridized carbons (Fsp3) is 0.300. The smallest absolute Gasteiger partial charge is 0.243 e. The predicted molar refractivity (Wildman–Crippen MR) is 96.1 cm³/mol. The van der Waals surface area contributed by atoms with Crippen molar-refractivity contribution in [3.8, 4) is 0 Å². The molecule has 0 radical (unpaired) electrons. The lowest BCUT2D eigenvalue weighted by Crippen LogP contribution is -2.50. The van der Waals surface area contributed by atoms with E-state index in [1.165, 1.54) is 11.8 Å². The lowest BCUT2D eigenvalue weighted by Gasteiger charge is -2.27. The Labute approximate surface area is 147 Å². The van der Waals surface area contributed by atoms with Crippen LogP contribution in [0.15, 0.2) is 54.6 Å². The van der Waals surface area contributed by atoms with E-state index >= 15 is 0 Å². The van der Waals surface area contributed by atoms with Crippen molar-refractivity contribution in [2.24, 2.45) is 0 Å². The van der Waals surface area contributed by atoms with Crippen molar-refractivity contribution in [3.63, 3.8) is 0 Å². The summed E-state index contributed by atoms with van der Waals surface area (Å²) in [6, 6.07) is 16.2. The lowest BCUT2D eigenvalue weighted by molar-refractivity contribution is -0.126. The highest BCUT2D eigenvalue weighted by Gasteiger charge is 2.37. The third-order valence-corrected chi connectivity index (χ3v) is 4.62. The zero-order chi connectivity index (χ0) is 18.0. The van der Waals surface area contributed by atoms with Gasteiger partial charge in [0, 0.05) is 19.0 Å². The van der Waals surface area contributed by atoms with Crippen LogP contribution in [0, 0.1) is 0 Å². The van der Waals surface area contributed by atoms with Crippen LogP contribution in [0.3, 0.4) is 0 Å². The van der Waals surface area contributed by atoms with Crippen molar-refractivity contribution in [1.29, 1.82) is 0 Å². The van der Waals surface area contributed by atoms with Gasteiger partial charge in [0.15, 0.2) is 0 Å². The highest BCUT2D eigenvalue weighted by Crippen LogP contribution is 2.32. The molecule has 5 nitrogen and oxygen atoms in total. The van der Waals surface area contributed by atoms with E-state index in [2.05, 4.69) is 5.32 Å². The maximum absolute atomic E-state index is 12.7. The average molecular weight is 338 g/mol. The molecule has 0 saturated carbocycles. The summed E-state index contributed by atoms with van der Waals surface area (Å²) in [5, 5.41) is 13.4. The van der Waals surface area contributed by atoms with Gasteiger partial charge < -0.3 is 10.4 Å². The number of para-hydroxylation sites is 1. The van der Waals surface area contributed by atoms with Crippen LogP contribution in [0.4, 0.5) is 5.69 Å². The standard InChI is InChI=1S/C20H22N2O3/c1-14(23)22-17-11-7-6-8-15(17)12-18(22)19(24)21-13-20(2,25)16-9-4-3-5-10-16/h3-11,18,25H,12-13H2,1-2H3,(H,21,24)/t18-,20?/m0/s1. The van der Waals surface area contributed by atoms with E-state index in [0.29, 0.717) is 6.42 Å². The van der Waals surface area contributed by atoms with Gasteiger partial charge in [-0.1, -0.05) is 48.5 Å². The largest absolute Gasteiger partial charge is 0.384 e. The number of carbonyl (C=O) groups excluding carboxylic acids is 2. The Morgan fingerprint density at radius 3 is 2.48 bits per heavy atom. The Morgan fingerprint density at radius 1 is 1.16 bits per heavy atom. The number of rotatable bonds is 4. The molecular formula is C20H22N2O3. The maximum atomic E-state index is 12.7. The van der Waals surface area contributed by atoms with Crippen molar-refractivity contribution in [1.82, 2.24) is 5.32 Å². The molecule has 1 unspecified atom stereocenters. The van der Waals surface area contributed by atoms with Gasteiger partial charge in [-0.05, 0) is 24.1 Å². The molecule has 1 aliphatic heterocycles. The Kier molecular flexibility index (Phi) is 4.59. The summed E-state index contributed by atoms with van der Waals surface area (Å²) >= 11 is 0. The Bertz CT molecular complexity index is 787. The molecule has 0 bridgehead atoms. The molecule has 2 N–H and O–H groups in total. The first-order valence-corrected chi connectivity index (χ1v) is 8.33. The summed E-state index contributed by atoms with van der Waals surface area (Å²) in [5.74, 6) is -0.428. The summed E-state index contributed by atoms with van der Waals surface area (Å²) in [6.45, 7) is 3.20. The summed E-state index contributed by atoms with van der Waals surface area (Å²) < 4.78 is 0. The number of anilines is 1. The van der Waals surface area contributed by atoms with Gasteiger partial charge in [0.2, 0.25) is 11.8 Å². The number of carbonyl (C=O) groups is 2. The number of aliphatic hydroxyl groups is 1. The van der Waals surface area contributed by atoms with Crippen molar-refractivity contribution in [2.75, 3.05) is 11.4 Å². The van der Waals surface area contributed by atoms with Gasteiger partial charge in [0.25, 0.3) is 0 Å². The van der Waals surface area contributed by atoms with Crippen molar-refractivity contribution >= 4 is 17.5 Å². The minimum Gasteiger partial charge on any atom is -0.384 e. The van der Waals surface area contributed by atoms with Crippen molar-refractivity contribution in [3.05, 3.63) is 65.7 Å². The minimum absolute atomic E-state index is 0.0778. The van der Waals surface area contributed by atoms with Crippen LogP contribution < -0.4 is 10.2 Å².